The number of nitrogens with zero attached hydrogens (tertiary/aromatic N) is 5. The molecule has 196 valence electrons. The monoisotopic (exact) mass is 514 g/mol. The van der Waals surface area contributed by atoms with Crippen LogP contribution in [0.1, 0.15) is 28.4 Å². The maximum atomic E-state index is 13.3. The number of aromatic nitrogens is 1. The first-order valence-electron chi connectivity index (χ1n) is 13.0. The van der Waals surface area contributed by atoms with Crippen LogP contribution in [0.15, 0.2) is 65.5 Å². The minimum atomic E-state index is -0.407. The number of fused-ring (bicyclic) bond motifs is 4. The van der Waals surface area contributed by atoms with Gasteiger partial charge in [-0.1, -0.05) is 6.07 Å². The molecule has 3 aliphatic heterocycles. The molecule has 0 saturated carbocycles. The van der Waals surface area contributed by atoms with Crippen LogP contribution in [0.3, 0.4) is 0 Å². The number of hydrogen-bond donors (Lipinski definition) is 1. The number of amides is 1. The summed E-state index contributed by atoms with van der Waals surface area (Å²) >= 11 is 0. The second kappa shape index (κ2) is 9.51. The van der Waals surface area contributed by atoms with E-state index in [1.54, 1.807) is 24.3 Å². The Bertz CT molecular complexity index is 1440. The summed E-state index contributed by atoms with van der Waals surface area (Å²) in [5, 5.41) is 10.9. The van der Waals surface area contributed by atoms with Gasteiger partial charge in [0, 0.05) is 86.9 Å². The molecule has 2 N–H and O–H groups in total. The summed E-state index contributed by atoms with van der Waals surface area (Å²) in [7, 11) is 0. The maximum absolute atomic E-state index is 13.3. The number of piperazine rings is 1. The van der Waals surface area contributed by atoms with E-state index in [-0.39, 0.29) is 23.1 Å². The number of carbonyl (C=O) groups excluding carboxylic acids is 1. The van der Waals surface area contributed by atoms with Crippen molar-refractivity contribution >= 4 is 28.7 Å². The van der Waals surface area contributed by atoms with E-state index < -0.39 is 4.92 Å². The van der Waals surface area contributed by atoms with Gasteiger partial charge in [-0.25, -0.2) is 0 Å². The zero-order chi connectivity index (χ0) is 26.4. The third-order valence-corrected chi connectivity index (χ3v) is 8.09. The number of pyridine rings is 1. The van der Waals surface area contributed by atoms with Crippen LogP contribution in [-0.2, 0) is 6.54 Å². The quantitative estimate of drug-likeness (QED) is 0.323. The molecule has 0 unspecified atom stereocenters. The molecule has 0 radical (unpaired) electrons. The Balaban J connectivity index is 1.12. The van der Waals surface area contributed by atoms with Gasteiger partial charge in [0.1, 0.15) is 0 Å². The van der Waals surface area contributed by atoms with Gasteiger partial charge in [0.15, 0.2) is 0 Å². The molecule has 2 bridgehead atoms. The number of nitro benzene ring substituents is 1. The molecule has 2 aromatic carbocycles. The molecule has 2 saturated heterocycles. The van der Waals surface area contributed by atoms with Crippen molar-refractivity contribution in [1.29, 1.82) is 0 Å². The molecule has 10 heteroatoms. The molecule has 38 heavy (non-hydrogen) atoms. The molecule has 4 heterocycles. The Morgan fingerprint density at radius 1 is 0.921 bits per heavy atom. The van der Waals surface area contributed by atoms with Crippen molar-refractivity contribution in [2.45, 2.75) is 18.9 Å². The second-order valence-corrected chi connectivity index (χ2v) is 10.4. The first-order valence-corrected chi connectivity index (χ1v) is 13.0. The van der Waals surface area contributed by atoms with Crippen molar-refractivity contribution in [1.82, 2.24) is 9.47 Å². The smallest absolute Gasteiger partial charge is 0.269 e. The molecule has 6 rings (SSSR count). The Kier molecular flexibility index (Phi) is 6.01. The fourth-order valence-corrected chi connectivity index (χ4v) is 6.20. The van der Waals surface area contributed by atoms with Crippen LogP contribution < -0.4 is 21.1 Å². The zero-order valence-corrected chi connectivity index (χ0v) is 21.0. The first kappa shape index (κ1) is 24.0. The number of carbonyl (C=O) groups is 1. The maximum Gasteiger partial charge on any atom is 0.269 e. The normalized spacial score (nSPS) is 20.7. The number of benzene rings is 2. The van der Waals surface area contributed by atoms with Crippen LogP contribution in [0.25, 0.3) is 0 Å². The van der Waals surface area contributed by atoms with E-state index in [9.17, 15) is 19.7 Å². The highest BCUT2D eigenvalue weighted by Crippen LogP contribution is 2.38. The number of non-ortho nitro benzene ring substituents is 1. The second-order valence-electron chi connectivity index (χ2n) is 10.4. The standard InChI is InChI=1S/C28H30N6O4/c29-24-15-20(28(36)31-12-10-30(11-13-31)22-5-7-23(8-6-22)34(37)38)4-9-26(24)32-16-19-14-21(18-32)25-2-1-3-27(35)33(25)17-19/h1-9,15,19,21H,10-14,16-18,29H2/t19-,21+/m1/s1. The third kappa shape index (κ3) is 4.36. The number of nitro groups is 1. The van der Waals surface area contributed by atoms with Gasteiger partial charge in [-0.2, -0.15) is 0 Å². The van der Waals surface area contributed by atoms with Crippen LogP contribution in [-0.4, -0.2) is 59.6 Å². The first-order chi connectivity index (χ1) is 18.4. The largest absolute Gasteiger partial charge is 0.397 e. The highest BCUT2D eigenvalue weighted by Gasteiger charge is 2.35. The minimum Gasteiger partial charge on any atom is -0.397 e. The van der Waals surface area contributed by atoms with E-state index in [4.69, 9.17) is 5.73 Å². The van der Waals surface area contributed by atoms with Crippen LogP contribution in [0, 0.1) is 16.0 Å². The van der Waals surface area contributed by atoms with E-state index in [1.807, 2.05) is 27.7 Å². The van der Waals surface area contributed by atoms with Gasteiger partial charge < -0.3 is 25.0 Å². The number of nitrogen functional groups attached to an aromatic ring is 1. The van der Waals surface area contributed by atoms with E-state index in [2.05, 4.69) is 15.9 Å². The average molecular weight is 515 g/mol. The molecule has 10 nitrogen and oxygen atoms in total. The molecular formula is C28H30N6O4. The van der Waals surface area contributed by atoms with Gasteiger partial charge in [0.05, 0.1) is 16.3 Å². The molecule has 0 spiro atoms. The summed E-state index contributed by atoms with van der Waals surface area (Å²) in [6, 6.07) is 17.6. The fraction of sp³-hybridized carbons (Fsp3) is 0.357. The number of anilines is 3. The number of rotatable bonds is 4. The van der Waals surface area contributed by atoms with E-state index in [0.29, 0.717) is 43.3 Å². The number of nitrogens with two attached hydrogens (primary N) is 1. The van der Waals surface area contributed by atoms with Crippen LogP contribution in [0.5, 0.6) is 0 Å². The van der Waals surface area contributed by atoms with Crippen LogP contribution >= 0.6 is 0 Å². The summed E-state index contributed by atoms with van der Waals surface area (Å²) in [6.07, 6.45) is 1.07. The fourth-order valence-electron chi connectivity index (χ4n) is 6.20. The Labute approximate surface area is 220 Å². The van der Waals surface area contributed by atoms with Gasteiger partial charge in [-0.15, -0.1) is 0 Å². The van der Waals surface area contributed by atoms with E-state index >= 15 is 0 Å². The molecule has 1 aromatic heterocycles. The molecule has 2 atom stereocenters. The van der Waals surface area contributed by atoms with Crippen molar-refractivity contribution in [3.8, 4) is 0 Å². The van der Waals surface area contributed by atoms with E-state index in [0.717, 1.165) is 43.1 Å². The Morgan fingerprint density at radius 3 is 2.39 bits per heavy atom. The summed E-state index contributed by atoms with van der Waals surface area (Å²) < 4.78 is 1.92. The SMILES string of the molecule is Nc1cc(C(=O)N2CCN(c3ccc([N+](=O)[O-])cc3)CC2)ccc1N1C[C@H]2C[C@@H](C1)c1cccc(=O)n1C2. The lowest BCUT2D eigenvalue weighted by Gasteiger charge is -2.44. The summed E-state index contributed by atoms with van der Waals surface area (Å²) in [5.41, 5.74) is 10.7. The van der Waals surface area contributed by atoms with Crippen molar-refractivity contribution in [3.63, 3.8) is 0 Å². The predicted molar refractivity (Wildman–Crippen MR) is 146 cm³/mol. The van der Waals surface area contributed by atoms with Crippen molar-refractivity contribution in [2.75, 3.05) is 54.8 Å². The Morgan fingerprint density at radius 2 is 1.68 bits per heavy atom. The average Bonchev–Trinajstić information content (AvgIpc) is 2.93. The summed E-state index contributed by atoms with van der Waals surface area (Å²) in [6.45, 7) is 4.78. The zero-order valence-electron chi connectivity index (χ0n) is 21.0. The molecule has 3 aromatic rings. The van der Waals surface area contributed by atoms with Gasteiger partial charge in [-0.3, -0.25) is 19.7 Å². The lowest BCUT2D eigenvalue weighted by Crippen LogP contribution is -2.49. The lowest BCUT2D eigenvalue weighted by atomic mass is 9.83. The molecule has 2 fully saturated rings. The summed E-state index contributed by atoms with van der Waals surface area (Å²) in [4.78, 5) is 42.3. The highest BCUT2D eigenvalue weighted by molar-refractivity contribution is 5.96. The minimum absolute atomic E-state index is 0.0459. The van der Waals surface area contributed by atoms with Gasteiger partial charge in [-0.05, 0) is 48.7 Å². The molecule has 1 amide bonds. The number of hydrogen-bond acceptors (Lipinski definition) is 7. The topological polar surface area (TPSA) is 118 Å². The molecule has 0 aliphatic carbocycles. The third-order valence-electron chi connectivity index (χ3n) is 8.09. The van der Waals surface area contributed by atoms with Crippen molar-refractivity contribution < 1.29 is 9.72 Å². The Hall–Kier alpha value is -4.34. The van der Waals surface area contributed by atoms with Crippen molar-refractivity contribution in [3.05, 3.63) is 92.4 Å². The highest BCUT2D eigenvalue weighted by atomic mass is 16.6. The lowest BCUT2D eigenvalue weighted by molar-refractivity contribution is -0.384. The van der Waals surface area contributed by atoms with Gasteiger partial charge in [0.25, 0.3) is 17.2 Å². The van der Waals surface area contributed by atoms with Gasteiger partial charge >= 0.3 is 0 Å². The predicted octanol–water partition coefficient (Wildman–Crippen LogP) is 2.92. The van der Waals surface area contributed by atoms with Gasteiger partial charge in [0.2, 0.25) is 0 Å². The molecular weight excluding hydrogens is 484 g/mol. The van der Waals surface area contributed by atoms with Crippen molar-refractivity contribution in [2.24, 2.45) is 5.92 Å². The van der Waals surface area contributed by atoms with Crippen LogP contribution in [0.4, 0.5) is 22.7 Å². The van der Waals surface area contributed by atoms with Crippen LogP contribution in [0.2, 0.25) is 0 Å². The molecule has 3 aliphatic rings. The summed E-state index contributed by atoms with van der Waals surface area (Å²) in [5.74, 6) is 0.619. The van der Waals surface area contributed by atoms with E-state index in [1.165, 1.54) is 12.1 Å². The number of piperidine rings is 1.